The first-order valence-corrected chi connectivity index (χ1v) is 10.9. The van der Waals surface area contributed by atoms with Gasteiger partial charge in [0.25, 0.3) is 0 Å². The molecule has 2 N–H and O–H groups in total. The van der Waals surface area contributed by atoms with Gasteiger partial charge >= 0.3 is 12.2 Å². The van der Waals surface area contributed by atoms with Crippen LogP contribution in [0.15, 0.2) is 24.3 Å². The van der Waals surface area contributed by atoms with E-state index >= 15 is 0 Å². The Hall–Kier alpha value is -2.64. The summed E-state index contributed by atoms with van der Waals surface area (Å²) in [6.07, 6.45) is 6.37. The molecule has 0 atom stereocenters. The number of allylic oxidation sites excluding steroid dienone is 2. The van der Waals surface area contributed by atoms with Crippen LogP contribution < -0.4 is 10.6 Å². The summed E-state index contributed by atoms with van der Waals surface area (Å²) < 4.78 is 9.87. The maximum atomic E-state index is 11.5. The molecule has 0 aliphatic heterocycles. The molecule has 0 aromatic carbocycles. The van der Waals surface area contributed by atoms with Crippen molar-refractivity contribution in [3.05, 3.63) is 24.3 Å². The first-order chi connectivity index (χ1) is 14.7. The molecule has 0 saturated carbocycles. The Kier molecular flexibility index (Phi) is 16.6. The average molecular weight is 439 g/mol. The van der Waals surface area contributed by atoms with Crippen molar-refractivity contribution >= 4 is 23.8 Å². The summed E-state index contributed by atoms with van der Waals surface area (Å²) in [4.78, 5) is 45.6. The normalized spacial score (nSPS) is 10.1. The second-order valence-corrected chi connectivity index (χ2v) is 7.51. The van der Waals surface area contributed by atoms with Gasteiger partial charge in [0.05, 0.1) is 0 Å². The van der Waals surface area contributed by atoms with Crippen molar-refractivity contribution in [3.8, 4) is 0 Å². The van der Waals surface area contributed by atoms with Crippen LogP contribution in [0.1, 0.15) is 71.6 Å². The Bertz CT molecular complexity index is 563. The van der Waals surface area contributed by atoms with Gasteiger partial charge in [0.15, 0.2) is 11.6 Å². The molecule has 0 aromatic heterocycles. The van der Waals surface area contributed by atoms with Crippen LogP contribution in [0.3, 0.4) is 0 Å². The third kappa shape index (κ3) is 17.9. The fourth-order valence-electron chi connectivity index (χ4n) is 2.52. The number of ether oxygens (including phenoxy) is 2. The number of nitrogens with one attached hydrogen (secondary N) is 2. The van der Waals surface area contributed by atoms with Crippen molar-refractivity contribution in [2.45, 2.75) is 71.6 Å². The number of carbonyl (C=O) groups is 4. The SMILES string of the molecule is C=C(C)C(=O)CCOC(=O)NCCCCCCCCCNC(=O)OCCC(=O)C(=C)C. The maximum Gasteiger partial charge on any atom is 0.407 e. The predicted molar refractivity (Wildman–Crippen MR) is 120 cm³/mol. The number of alkyl carbamates (subject to hydrolysis) is 2. The van der Waals surface area contributed by atoms with E-state index in [0.717, 1.165) is 44.9 Å². The van der Waals surface area contributed by atoms with Gasteiger partial charge in [0.2, 0.25) is 0 Å². The third-order valence-electron chi connectivity index (χ3n) is 4.47. The second kappa shape index (κ2) is 18.2. The summed E-state index contributed by atoms with van der Waals surface area (Å²) in [6.45, 7) is 11.6. The van der Waals surface area contributed by atoms with E-state index in [9.17, 15) is 19.2 Å². The van der Waals surface area contributed by atoms with Gasteiger partial charge in [0.1, 0.15) is 13.2 Å². The van der Waals surface area contributed by atoms with E-state index in [2.05, 4.69) is 23.8 Å². The molecule has 0 spiro atoms. The van der Waals surface area contributed by atoms with Crippen molar-refractivity contribution in [2.75, 3.05) is 26.3 Å². The molecule has 176 valence electrons. The minimum absolute atomic E-state index is 0.0682. The molecule has 0 heterocycles. The summed E-state index contributed by atoms with van der Waals surface area (Å²) in [6, 6.07) is 0. The molecule has 0 unspecified atom stereocenters. The summed E-state index contributed by atoms with van der Waals surface area (Å²) in [7, 11) is 0. The molecule has 0 aromatic rings. The molecule has 8 nitrogen and oxygen atoms in total. The standard InChI is InChI=1S/C23H38N2O6/c1-18(2)20(26)12-16-30-22(28)24-14-10-8-6-5-7-9-11-15-25-23(29)31-17-13-21(27)19(3)4/h1,3,5-17H2,2,4H3,(H,24,28)(H,25,29). The molecular weight excluding hydrogens is 400 g/mol. The second-order valence-electron chi connectivity index (χ2n) is 7.51. The van der Waals surface area contributed by atoms with Gasteiger partial charge in [-0.05, 0) is 37.8 Å². The minimum atomic E-state index is -0.497. The molecule has 31 heavy (non-hydrogen) atoms. The van der Waals surface area contributed by atoms with Crippen LogP contribution in [0, 0.1) is 0 Å². The fourth-order valence-corrected chi connectivity index (χ4v) is 2.52. The highest BCUT2D eigenvalue weighted by Gasteiger charge is 2.06. The molecule has 0 aliphatic rings. The van der Waals surface area contributed by atoms with Crippen LogP contribution in [-0.2, 0) is 19.1 Å². The van der Waals surface area contributed by atoms with E-state index in [1.165, 1.54) is 0 Å². The van der Waals surface area contributed by atoms with Crippen molar-refractivity contribution in [1.29, 1.82) is 0 Å². The minimum Gasteiger partial charge on any atom is -0.449 e. The maximum absolute atomic E-state index is 11.5. The Morgan fingerprint density at radius 3 is 1.26 bits per heavy atom. The fraction of sp³-hybridized carbons (Fsp3) is 0.652. The molecule has 0 rings (SSSR count). The molecule has 8 heteroatoms. The van der Waals surface area contributed by atoms with Crippen LogP contribution in [0.25, 0.3) is 0 Å². The lowest BCUT2D eigenvalue weighted by atomic mass is 10.1. The highest BCUT2D eigenvalue weighted by atomic mass is 16.6. The average Bonchev–Trinajstić information content (AvgIpc) is 2.71. The summed E-state index contributed by atoms with van der Waals surface area (Å²) in [5.74, 6) is -0.203. The van der Waals surface area contributed by atoms with Gasteiger partial charge in [-0.25, -0.2) is 9.59 Å². The van der Waals surface area contributed by atoms with E-state index in [1.54, 1.807) is 13.8 Å². The Labute approximate surface area is 185 Å². The van der Waals surface area contributed by atoms with Gasteiger partial charge in [-0.3, -0.25) is 9.59 Å². The van der Waals surface area contributed by atoms with E-state index in [4.69, 9.17) is 9.47 Å². The van der Waals surface area contributed by atoms with Gasteiger partial charge in [-0.2, -0.15) is 0 Å². The van der Waals surface area contributed by atoms with Gasteiger partial charge in [-0.15, -0.1) is 0 Å². The number of carbonyl (C=O) groups excluding carboxylic acids is 4. The summed E-state index contributed by atoms with van der Waals surface area (Å²) >= 11 is 0. The first-order valence-electron chi connectivity index (χ1n) is 10.9. The molecule has 0 saturated heterocycles. The van der Waals surface area contributed by atoms with Crippen molar-refractivity contribution < 1.29 is 28.7 Å². The molecule has 0 bridgehead atoms. The number of amides is 2. The van der Waals surface area contributed by atoms with Crippen molar-refractivity contribution in [1.82, 2.24) is 10.6 Å². The highest BCUT2D eigenvalue weighted by Crippen LogP contribution is 2.06. The topological polar surface area (TPSA) is 111 Å². The number of hydrogen-bond acceptors (Lipinski definition) is 6. The number of hydrogen-bond donors (Lipinski definition) is 2. The Morgan fingerprint density at radius 1 is 0.613 bits per heavy atom. The van der Waals surface area contributed by atoms with Gasteiger partial charge in [-0.1, -0.05) is 45.3 Å². The van der Waals surface area contributed by atoms with E-state index in [-0.39, 0.29) is 37.6 Å². The monoisotopic (exact) mass is 438 g/mol. The lowest BCUT2D eigenvalue weighted by Crippen LogP contribution is -2.26. The van der Waals surface area contributed by atoms with Crippen molar-refractivity contribution in [2.24, 2.45) is 0 Å². The van der Waals surface area contributed by atoms with Crippen LogP contribution >= 0.6 is 0 Å². The van der Waals surface area contributed by atoms with Crippen LogP contribution in [-0.4, -0.2) is 50.1 Å². The lowest BCUT2D eigenvalue weighted by molar-refractivity contribution is -0.116. The number of ketones is 2. The molecule has 2 amide bonds. The van der Waals surface area contributed by atoms with E-state index < -0.39 is 12.2 Å². The first kappa shape index (κ1) is 28.4. The summed E-state index contributed by atoms with van der Waals surface area (Å²) in [5, 5.41) is 5.34. The van der Waals surface area contributed by atoms with Gasteiger partial charge < -0.3 is 20.1 Å². The molecule has 0 fully saturated rings. The van der Waals surface area contributed by atoms with Crippen molar-refractivity contribution in [3.63, 3.8) is 0 Å². The zero-order chi connectivity index (χ0) is 23.5. The highest BCUT2D eigenvalue weighted by molar-refractivity contribution is 5.94. The van der Waals surface area contributed by atoms with Crippen LogP contribution in [0.2, 0.25) is 0 Å². The predicted octanol–water partition coefficient (Wildman–Crippen LogP) is 4.24. The lowest BCUT2D eigenvalue weighted by Gasteiger charge is -2.07. The number of rotatable bonds is 18. The molecular formula is C23H38N2O6. The zero-order valence-corrected chi connectivity index (χ0v) is 19.1. The third-order valence-corrected chi connectivity index (χ3v) is 4.47. The largest absolute Gasteiger partial charge is 0.449 e. The number of Topliss-reactive ketones (excluding diaryl/α,β-unsaturated/α-hetero) is 2. The van der Waals surface area contributed by atoms with Crippen LogP contribution in [0.5, 0.6) is 0 Å². The van der Waals surface area contributed by atoms with E-state index in [1.807, 2.05) is 0 Å². The zero-order valence-electron chi connectivity index (χ0n) is 19.1. The Balaban J connectivity index is 3.39. The quantitative estimate of drug-likeness (QED) is 0.245. The van der Waals surface area contributed by atoms with E-state index in [0.29, 0.717) is 24.2 Å². The van der Waals surface area contributed by atoms with Crippen LogP contribution in [0.4, 0.5) is 9.59 Å². The summed E-state index contributed by atoms with van der Waals surface area (Å²) in [5.41, 5.74) is 0.929. The molecule has 0 aliphatic carbocycles. The Morgan fingerprint density at radius 2 is 0.935 bits per heavy atom. The smallest absolute Gasteiger partial charge is 0.407 e. The van der Waals surface area contributed by atoms with Gasteiger partial charge in [0, 0.05) is 25.9 Å². The number of unbranched alkanes of at least 4 members (excludes halogenated alkanes) is 6. The molecule has 0 radical (unpaired) electrons.